The SMILES string of the molecule is CC1(C)CCN(CCNCc2cccnc2)CC1. The van der Waals surface area contributed by atoms with E-state index in [1.807, 2.05) is 18.5 Å². The van der Waals surface area contributed by atoms with Crippen molar-refractivity contribution in [3.05, 3.63) is 30.1 Å². The van der Waals surface area contributed by atoms with Crippen LogP contribution in [0.3, 0.4) is 0 Å². The molecule has 0 radical (unpaired) electrons. The van der Waals surface area contributed by atoms with Crippen LogP contribution >= 0.6 is 0 Å². The van der Waals surface area contributed by atoms with E-state index in [4.69, 9.17) is 0 Å². The van der Waals surface area contributed by atoms with Crippen molar-refractivity contribution < 1.29 is 0 Å². The number of aromatic nitrogens is 1. The summed E-state index contributed by atoms with van der Waals surface area (Å²) >= 11 is 0. The molecule has 0 unspecified atom stereocenters. The fourth-order valence-corrected chi connectivity index (χ4v) is 2.35. The number of likely N-dealkylation sites (tertiary alicyclic amines) is 1. The van der Waals surface area contributed by atoms with Gasteiger partial charge in [0.25, 0.3) is 0 Å². The summed E-state index contributed by atoms with van der Waals surface area (Å²) in [7, 11) is 0. The minimum absolute atomic E-state index is 0.555. The lowest BCUT2D eigenvalue weighted by atomic mass is 9.83. The van der Waals surface area contributed by atoms with Crippen molar-refractivity contribution in [3.63, 3.8) is 0 Å². The van der Waals surface area contributed by atoms with Crippen molar-refractivity contribution in [2.24, 2.45) is 5.41 Å². The Morgan fingerprint density at radius 2 is 2.11 bits per heavy atom. The first-order chi connectivity index (χ1) is 8.66. The van der Waals surface area contributed by atoms with Crippen LogP contribution in [0, 0.1) is 5.41 Å². The minimum Gasteiger partial charge on any atom is -0.311 e. The van der Waals surface area contributed by atoms with Crippen molar-refractivity contribution in [3.8, 4) is 0 Å². The minimum atomic E-state index is 0.555. The molecule has 1 N–H and O–H groups in total. The molecule has 3 nitrogen and oxygen atoms in total. The monoisotopic (exact) mass is 247 g/mol. The number of nitrogens with one attached hydrogen (secondary N) is 1. The average molecular weight is 247 g/mol. The Morgan fingerprint density at radius 1 is 1.33 bits per heavy atom. The summed E-state index contributed by atoms with van der Waals surface area (Å²) in [5.41, 5.74) is 1.82. The second-order valence-corrected chi connectivity index (χ2v) is 6.04. The third-order valence-electron chi connectivity index (χ3n) is 3.87. The summed E-state index contributed by atoms with van der Waals surface area (Å²) in [6, 6.07) is 4.10. The maximum Gasteiger partial charge on any atom is 0.0312 e. The van der Waals surface area contributed by atoms with E-state index in [1.165, 1.54) is 31.5 Å². The zero-order valence-electron chi connectivity index (χ0n) is 11.7. The van der Waals surface area contributed by atoms with Crippen LogP contribution in [0.25, 0.3) is 0 Å². The zero-order valence-corrected chi connectivity index (χ0v) is 11.7. The quantitative estimate of drug-likeness (QED) is 0.809. The maximum atomic E-state index is 4.12. The van der Waals surface area contributed by atoms with Crippen LogP contribution in [0.5, 0.6) is 0 Å². The molecule has 0 spiro atoms. The highest BCUT2D eigenvalue weighted by molar-refractivity contribution is 5.07. The van der Waals surface area contributed by atoms with Crippen LogP contribution < -0.4 is 5.32 Å². The Balaban J connectivity index is 1.59. The molecule has 3 heteroatoms. The maximum absolute atomic E-state index is 4.12. The van der Waals surface area contributed by atoms with Crippen LogP contribution in [-0.4, -0.2) is 36.1 Å². The molecule has 0 amide bonds. The number of hydrogen-bond acceptors (Lipinski definition) is 3. The Morgan fingerprint density at radius 3 is 2.78 bits per heavy atom. The molecule has 1 aromatic heterocycles. The van der Waals surface area contributed by atoms with Crippen molar-refractivity contribution in [2.45, 2.75) is 33.2 Å². The highest BCUT2D eigenvalue weighted by atomic mass is 15.1. The lowest BCUT2D eigenvalue weighted by Gasteiger charge is -2.36. The third kappa shape index (κ3) is 4.39. The Hall–Kier alpha value is -0.930. The summed E-state index contributed by atoms with van der Waals surface area (Å²) in [4.78, 5) is 6.69. The van der Waals surface area contributed by atoms with Gasteiger partial charge in [-0.2, -0.15) is 0 Å². The number of rotatable bonds is 5. The normalized spacial score (nSPS) is 19.9. The van der Waals surface area contributed by atoms with Gasteiger partial charge in [0.1, 0.15) is 0 Å². The van der Waals surface area contributed by atoms with Crippen LogP contribution in [0.15, 0.2) is 24.5 Å². The summed E-state index contributed by atoms with van der Waals surface area (Å²) in [5, 5.41) is 3.49. The number of hydrogen-bond donors (Lipinski definition) is 1. The van der Waals surface area contributed by atoms with Gasteiger partial charge < -0.3 is 10.2 Å². The van der Waals surface area contributed by atoms with E-state index in [2.05, 4.69) is 35.1 Å². The van der Waals surface area contributed by atoms with Crippen LogP contribution in [0.4, 0.5) is 0 Å². The zero-order chi connectivity index (χ0) is 12.8. The Kier molecular flexibility index (Phi) is 4.72. The molecular weight excluding hydrogens is 222 g/mol. The smallest absolute Gasteiger partial charge is 0.0312 e. The lowest BCUT2D eigenvalue weighted by Crippen LogP contribution is -2.40. The number of nitrogens with zero attached hydrogens (tertiary/aromatic N) is 2. The molecule has 0 saturated carbocycles. The van der Waals surface area contributed by atoms with Gasteiger partial charge in [-0.1, -0.05) is 19.9 Å². The van der Waals surface area contributed by atoms with Gasteiger partial charge in [-0.25, -0.2) is 0 Å². The predicted molar refractivity (Wildman–Crippen MR) is 75.4 cm³/mol. The van der Waals surface area contributed by atoms with Gasteiger partial charge in [0.2, 0.25) is 0 Å². The van der Waals surface area contributed by atoms with E-state index in [-0.39, 0.29) is 0 Å². The molecule has 1 fully saturated rings. The highest BCUT2D eigenvalue weighted by Crippen LogP contribution is 2.29. The third-order valence-corrected chi connectivity index (χ3v) is 3.87. The average Bonchev–Trinajstić information content (AvgIpc) is 2.37. The van der Waals surface area contributed by atoms with E-state index in [0.29, 0.717) is 5.41 Å². The molecule has 0 bridgehead atoms. The molecule has 0 aliphatic carbocycles. The second kappa shape index (κ2) is 6.30. The van der Waals surface area contributed by atoms with Gasteiger partial charge in [0.05, 0.1) is 0 Å². The largest absolute Gasteiger partial charge is 0.311 e. The molecule has 1 aliphatic rings. The predicted octanol–water partition coefficient (Wildman–Crippen LogP) is 2.29. The van der Waals surface area contributed by atoms with Crippen LogP contribution in [-0.2, 0) is 6.54 Å². The van der Waals surface area contributed by atoms with E-state index in [9.17, 15) is 0 Å². The van der Waals surface area contributed by atoms with Gasteiger partial charge >= 0.3 is 0 Å². The number of piperidine rings is 1. The number of pyridine rings is 1. The molecule has 1 saturated heterocycles. The molecule has 18 heavy (non-hydrogen) atoms. The molecule has 2 heterocycles. The molecule has 0 atom stereocenters. The molecule has 1 aromatic rings. The summed E-state index contributed by atoms with van der Waals surface area (Å²) < 4.78 is 0. The van der Waals surface area contributed by atoms with Crippen molar-refractivity contribution in [1.29, 1.82) is 0 Å². The lowest BCUT2D eigenvalue weighted by molar-refractivity contribution is 0.133. The van der Waals surface area contributed by atoms with E-state index in [1.54, 1.807) is 0 Å². The fraction of sp³-hybridized carbons (Fsp3) is 0.667. The second-order valence-electron chi connectivity index (χ2n) is 6.04. The van der Waals surface area contributed by atoms with Gasteiger partial charge in [-0.15, -0.1) is 0 Å². The van der Waals surface area contributed by atoms with Gasteiger partial charge in [0, 0.05) is 32.0 Å². The summed E-state index contributed by atoms with van der Waals surface area (Å²) in [5.74, 6) is 0. The van der Waals surface area contributed by atoms with Gasteiger partial charge in [-0.3, -0.25) is 4.98 Å². The molecular formula is C15H25N3. The molecule has 0 aromatic carbocycles. The standard InChI is InChI=1S/C15H25N3/c1-15(2)5-9-18(10-6-15)11-8-17-13-14-4-3-7-16-12-14/h3-4,7,12,17H,5-6,8-11,13H2,1-2H3. The Bertz CT molecular complexity index is 338. The Labute approximate surface area is 111 Å². The molecule has 1 aliphatic heterocycles. The van der Waals surface area contributed by atoms with Crippen molar-refractivity contribution >= 4 is 0 Å². The first-order valence-corrected chi connectivity index (χ1v) is 6.98. The van der Waals surface area contributed by atoms with E-state index >= 15 is 0 Å². The molecule has 100 valence electrons. The first kappa shape index (κ1) is 13.5. The first-order valence-electron chi connectivity index (χ1n) is 6.98. The highest BCUT2D eigenvalue weighted by Gasteiger charge is 2.24. The fourth-order valence-electron chi connectivity index (χ4n) is 2.35. The molecule has 2 rings (SSSR count). The van der Waals surface area contributed by atoms with E-state index in [0.717, 1.165) is 19.6 Å². The summed E-state index contributed by atoms with van der Waals surface area (Å²) in [6.07, 6.45) is 6.40. The summed E-state index contributed by atoms with van der Waals surface area (Å²) in [6.45, 7) is 10.4. The van der Waals surface area contributed by atoms with Gasteiger partial charge in [-0.05, 0) is 43.0 Å². The van der Waals surface area contributed by atoms with E-state index < -0.39 is 0 Å². The van der Waals surface area contributed by atoms with Gasteiger partial charge in [0.15, 0.2) is 0 Å². The van der Waals surface area contributed by atoms with Crippen LogP contribution in [0.2, 0.25) is 0 Å². The van der Waals surface area contributed by atoms with Crippen molar-refractivity contribution in [2.75, 3.05) is 26.2 Å². The topological polar surface area (TPSA) is 28.2 Å². The van der Waals surface area contributed by atoms with Crippen molar-refractivity contribution in [1.82, 2.24) is 15.2 Å². The van der Waals surface area contributed by atoms with Crippen LogP contribution in [0.1, 0.15) is 32.3 Å².